The first-order valence-electron chi connectivity index (χ1n) is 6.74. The largest absolute Gasteiger partial charge is 0.454 e. The van der Waals surface area contributed by atoms with Crippen molar-refractivity contribution in [3.8, 4) is 11.5 Å². The molecule has 0 spiro atoms. The van der Waals surface area contributed by atoms with Crippen molar-refractivity contribution in [2.75, 3.05) is 13.1 Å². The molecule has 0 aromatic heterocycles. The van der Waals surface area contributed by atoms with Crippen LogP contribution in [0.3, 0.4) is 0 Å². The fraction of sp³-hybridized carbons (Fsp3) is 0.188. The van der Waals surface area contributed by atoms with Gasteiger partial charge in [-0.1, -0.05) is 22.0 Å². The summed E-state index contributed by atoms with van der Waals surface area (Å²) >= 11 is 3.36. The molecule has 2 aromatic rings. The predicted octanol–water partition coefficient (Wildman–Crippen LogP) is 4.12. The van der Waals surface area contributed by atoms with Gasteiger partial charge in [0, 0.05) is 23.1 Å². The van der Waals surface area contributed by atoms with Gasteiger partial charge < -0.3 is 10.1 Å². The van der Waals surface area contributed by atoms with Crippen molar-refractivity contribution in [2.24, 2.45) is 4.99 Å². The molecule has 2 aromatic carbocycles. The lowest BCUT2D eigenvalue weighted by Gasteiger charge is -2.15. The minimum atomic E-state index is -0.400. The zero-order chi connectivity index (χ0) is 14.7. The number of halogens is 2. The van der Waals surface area contributed by atoms with E-state index in [-0.39, 0.29) is 5.75 Å². The van der Waals surface area contributed by atoms with Crippen LogP contribution in [0.2, 0.25) is 0 Å². The molecule has 0 radical (unpaired) electrons. The first-order valence-corrected chi connectivity index (χ1v) is 7.53. The molecule has 5 heteroatoms. The Labute approximate surface area is 131 Å². The van der Waals surface area contributed by atoms with Gasteiger partial charge >= 0.3 is 0 Å². The van der Waals surface area contributed by atoms with Crippen LogP contribution in [-0.2, 0) is 0 Å². The Balaban J connectivity index is 1.83. The van der Waals surface area contributed by atoms with Crippen molar-refractivity contribution < 1.29 is 9.13 Å². The molecule has 0 atom stereocenters. The Morgan fingerprint density at radius 3 is 2.81 bits per heavy atom. The average Bonchev–Trinajstić information content (AvgIpc) is 2.50. The van der Waals surface area contributed by atoms with E-state index in [0.29, 0.717) is 5.75 Å². The quantitative estimate of drug-likeness (QED) is 0.904. The van der Waals surface area contributed by atoms with Crippen LogP contribution in [0.15, 0.2) is 51.9 Å². The van der Waals surface area contributed by atoms with E-state index < -0.39 is 5.82 Å². The summed E-state index contributed by atoms with van der Waals surface area (Å²) < 4.78 is 20.6. The number of hydrogen-bond donors (Lipinski definition) is 1. The summed E-state index contributed by atoms with van der Waals surface area (Å²) in [7, 11) is 0. The highest BCUT2D eigenvalue weighted by Gasteiger charge is 2.11. The molecule has 0 bridgehead atoms. The van der Waals surface area contributed by atoms with Gasteiger partial charge in [-0.3, -0.25) is 4.99 Å². The number of aliphatic imine (C=N–C) groups is 1. The molecule has 1 aliphatic rings. The van der Waals surface area contributed by atoms with Crippen LogP contribution >= 0.6 is 15.9 Å². The third-order valence-electron chi connectivity index (χ3n) is 3.13. The second-order valence-electron chi connectivity index (χ2n) is 4.72. The van der Waals surface area contributed by atoms with Crippen molar-refractivity contribution in [1.82, 2.24) is 5.32 Å². The van der Waals surface area contributed by atoms with E-state index in [4.69, 9.17) is 4.74 Å². The van der Waals surface area contributed by atoms with Gasteiger partial charge in [-0.15, -0.1) is 0 Å². The van der Waals surface area contributed by atoms with Gasteiger partial charge in [-0.2, -0.15) is 0 Å². The second kappa shape index (κ2) is 6.26. The second-order valence-corrected chi connectivity index (χ2v) is 5.63. The topological polar surface area (TPSA) is 33.6 Å². The monoisotopic (exact) mass is 348 g/mol. The number of nitrogens with zero attached hydrogens (tertiary/aromatic N) is 1. The van der Waals surface area contributed by atoms with E-state index in [1.54, 1.807) is 18.2 Å². The molecule has 21 heavy (non-hydrogen) atoms. The Hall–Kier alpha value is -1.88. The van der Waals surface area contributed by atoms with Crippen LogP contribution in [0.25, 0.3) is 0 Å². The minimum absolute atomic E-state index is 0.202. The molecule has 1 N–H and O–H groups in total. The summed E-state index contributed by atoms with van der Waals surface area (Å²) in [6.07, 6.45) is 1.01. The highest BCUT2D eigenvalue weighted by atomic mass is 79.9. The lowest BCUT2D eigenvalue weighted by atomic mass is 10.1. The fourth-order valence-corrected chi connectivity index (χ4v) is 2.49. The Kier molecular flexibility index (Phi) is 4.20. The standard InChI is InChI=1S/C16H14BrFN2O/c17-12-3-1-4-13(10-12)21-15-6-5-11(9-14(15)18)16-19-7-2-8-20-16/h1,3-6,9-10H,2,7-8H2,(H,19,20). The van der Waals surface area contributed by atoms with Gasteiger partial charge in [0.25, 0.3) is 0 Å². The van der Waals surface area contributed by atoms with Crippen LogP contribution < -0.4 is 10.1 Å². The van der Waals surface area contributed by atoms with E-state index in [1.807, 2.05) is 18.2 Å². The van der Waals surface area contributed by atoms with Crippen LogP contribution in [0.1, 0.15) is 12.0 Å². The maximum absolute atomic E-state index is 14.2. The molecule has 108 valence electrons. The molecule has 0 saturated heterocycles. The molecule has 0 aliphatic carbocycles. The Bertz CT molecular complexity index is 688. The highest BCUT2D eigenvalue weighted by Crippen LogP contribution is 2.27. The number of rotatable bonds is 3. The van der Waals surface area contributed by atoms with Crippen molar-refractivity contribution >= 4 is 21.8 Å². The lowest BCUT2D eigenvalue weighted by molar-refractivity contribution is 0.442. The number of hydrogen-bond acceptors (Lipinski definition) is 3. The number of benzene rings is 2. The summed E-state index contributed by atoms with van der Waals surface area (Å²) in [4.78, 5) is 4.36. The molecule has 3 nitrogen and oxygen atoms in total. The van der Waals surface area contributed by atoms with Crippen LogP contribution in [0.5, 0.6) is 11.5 Å². The third kappa shape index (κ3) is 3.42. The van der Waals surface area contributed by atoms with E-state index >= 15 is 0 Å². The van der Waals surface area contributed by atoms with Gasteiger partial charge in [0.1, 0.15) is 11.6 Å². The van der Waals surface area contributed by atoms with Gasteiger partial charge in [0.2, 0.25) is 0 Å². The van der Waals surface area contributed by atoms with Gasteiger partial charge in [-0.25, -0.2) is 4.39 Å². The molecule has 1 heterocycles. The van der Waals surface area contributed by atoms with Crippen molar-refractivity contribution in [2.45, 2.75) is 6.42 Å². The molecular formula is C16H14BrFN2O. The molecule has 1 aliphatic heterocycles. The maximum atomic E-state index is 14.2. The van der Waals surface area contributed by atoms with Crippen LogP contribution in [0, 0.1) is 5.82 Å². The summed E-state index contributed by atoms with van der Waals surface area (Å²) in [5, 5.41) is 3.18. The van der Waals surface area contributed by atoms with Gasteiger partial charge in [0.15, 0.2) is 11.6 Å². The van der Waals surface area contributed by atoms with E-state index in [9.17, 15) is 4.39 Å². The number of ether oxygens (including phenoxy) is 1. The predicted molar refractivity (Wildman–Crippen MR) is 84.6 cm³/mol. The van der Waals surface area contributed by atoms with Crippen LogP contribution in [-0.4, -0.2) is 18.9 Å². The van der Waals surface area contributed by atoms with Gasteiger partial charge in [0.05, 0.1) is 0 Å². The average molecular weight is 349 g/mol. The first-order chi connectivity index (χ1) is 10.2. The smallest absolute Gasteiger partial charge is 0.166 e. The highest BCUT2D eigenvalue weighted by molar-refractivity contribution is 9.10. The summed E-state index contributed by atoms with van der Waals surface area (Å²) in [5.41, 5.74) is 0.744. The van der Waals surface area contributed by atoms with Gasteiger partial charge in [-0.05, 0) is 42.8 Å². The van der Waals surface area contributed by atoms with E-state index in [2.05, 4.69) is 26.2 Å². The van der Waals surface area contributed by atoms with Crippen molar-refractivity contribution in [1.29, 1.82) is 0 Å². The molecule has 3 rings (SSSR count). The SMILES string of the molecule is Fc1cc(C2=NCCCN2)ccc1Oc1cccc(Br)c1. The zero-order valence-corrected chi connectivity index (χ0v) is 12.9. The number of amidine groups is 1. The molecule has 0 amide bonds. The summed E-state index contributed by atoms with van der Waals surface area (Å²) in [6, 6.07) is 12.2. The van der Waals surface area contributed by atoms with Crippen molar-refractivity contribution in [3.63, 3.8) is 0 Å². The molecule has 0 saturated carbocycles. The maximum Gasteiger partial charge on any atom is 0.166 e. The van der Waals surface area contributed by atoms with E-state index in [1.165, 1.54) is 6.07 Å². The normalized spacial score (nSPS) is 14.3. The van der Waals surface area contributed by atoms with Crippen LogP contribution in [0.4, 0.5) is 4.39 Å². The Morgan fingerprint density at radius 2 is 2.10 bits per heavy atom. The summed E-state index contributed by atoms with van der Waals surface area (Å²) in [6.45, 7) is 1.65. The number of nitrogens with one attached hydrogen (secondary N) is 1. The van der Waals surface area contributed by atoms with E-state index in [0.717, 1.165) is 35.4 Å². The van der Waals surface area contributed by atoms with Crippen molar-refractivity contribution in [3.05, 3.63) is 58.3 Å². The fourth-order valence-electron chi connectivity index (χ4n) is 2.11. The minimum Gasteiger partial charge on any atom is -0.454 e. The third-order valence-corrected chi connectivity index (χ3v) is 3.62. The Morgan fingerprint density at radius 1 is 1.19 bits per heavy atom. The zero-order valence-electron chi connectivity index (χ0n) is 11.3. The molecule has 0 fully saturated rings. The molecule has 0 unspecified atom stereocenters. The first kappa shape index (κ1) is 14.1. The summed E-state index contributed by atoms with van der Waals surface area (Å²) in [5.74, 6) is 1.13. The molecular weight excluding hydrogens is 335 g/mol. The lowest BCUT2D eigenvalue weighted by Crippen LogP contribution is -2.30.